The van der Waals surface area contributed by atoms with Crippen LogP contribution in [0.5, 0.6) is 0 Å². The third kappa shape index (κ3) is 4.24. The molecule has 1 atom stereocenters. The molecular weight excluding hydrogens is 401 g/mol. The van der Waals surface area contributed by atoms with Crippen LogP contribution in [0.4, 0.5) is 10.3 Å². The number of aryl methyl sites for hydroxylation is 3. The molecule has 166 valence electrons. The lowest BCUT2D eigenvalue weighted by Crippen LogP contribution is -2.16. The summed E-state index contributed by atoms with van der Waals surface area (Å²) in [5.74, 6) is 0.579. The van der Waals surface area contributed by atoms with Gasteiger partial charge in [-0.2, -0.15) is 0 Å². The number of rotatable bonds is 7. The van der Waals surface area contributed by atoms with Crippen LogP contribution in [0, 0.1) is 26.6 Å². The van der Waals surface area contributed by atoms with Crippen LogP contribution in [0.1, 0.15) is 39.4 Å². The van der Waals surface area contributed by atoms with E-state index in [1.807, 2.05) is 42.5 Å². The summed E-state index contributed by atoms with van der Waals surface area (Å²) in [5, 5.41) is 3.35. The number of aromatic nitrogens is 2. The second kappa shape index (κ2) is 9.10. The Morgan fingerprint density at radius 3 is 2.38 bits per heavy atom. The maximum Gasteiger partial charge on any atom is 0.204 e. The van der Waals surface area contributed by atoms with Gasteiger partial charge in [-0.05, 0) is 54.7 Å². The van der Waals surface area contributed by atoms with Crippen LogP contribution in [0.25, 0.3) is 11.0 Å². The highest BCUT2D eigenvalue weighted by atomic mass is 19.1. The van der Waals surface area contributed by atoms with Gasteiger partial charge in [-0.1, -0.05) is 48.5 Å². The van der Waals surface area contributed by atoms with Crippen LogP contribution in [0.3, 0.4) is 0 Å². The summed E-state index contributed by atoms with van der Waals surface area (Å²) in [6.45, 7) is 7.32. The topological polar surface area (TPSA) is 81.9 Å². The van der Waals surface area contributed by atoms with Crippen molar-refractivity contribution in [1.82, 2.24) is 9.55 Å². The first-order valence-corrected chi connectivity index (χ1v) is 10.9. The van der Waals surface area contributed by atoms with Crippen LogP contribution >= 0.6 is 0 Å². The normalized spacial score (nSPS) is 12.3. The van der Waals surface area contributed by atoms with Crippen LogP contribution < -0.4 is 16.8 Å². The van der Waals surface area contributed by atoms with E-state index in [-0.39, 0.29) is 11.9 Å². The van der Waals surface area contributed by atoms with Gasteiger partial charge in [0.05, 0.1) is 23.6 Å². The second-order valence-corrected chi connectivity index (χ2v) is 8.39. The van der Waals surface area contributed by atoms with Crippen LogP contribution in [-0.4, -0.2) is 22.6 Å². The van der Waals surface area contributed by atoms with Crippen molar-refractivity contribution >= 4 is 17.0 Å². The molecule has 5 N–H and O–H groups in total. The molecule has 0 aliphatic carbocycles. The van der Waals surface area contributed by atoms with E-state index in [0.29, 0.717) is 30.8 Å². The zero-order chi connectivity index (χ0) is 22.8. The number of halogens is 1. The van der Waals surface area contributed by atoms with Gasteiger partial charge in [0.1, 0.15) is 5.82 Å². The van der Waals surface area contributed by atoms with Crippen molar-refractivity contribution in [3.05, 3.63) is 93.8 Å². The van der Waals surface area contributed by atoms with Crippen molar-refractivity contribution in [2.24, 2.45) is 11.5 Å². The summed E-state index contributed by atoms with van der Waals surface area (Å²) < 4.78 is 16.3. The van der Waals surface area contributed by atoms with Gasteiger partial charge < -0.3 is 21.4 Å². The van der Waals surface area contributed by atoms with E-state index >= 15 is 0 Å². The van der Waals surface area contributed by atoms with Gasteiger partial charge in [0.15, 0.2) is 0 Å². The Kier molecular flexibility index (Phi) is 6.26. The maximum absolute atomic E-state index is 14.2. The first kappa shape index (κ1) is 22.0. The number of nitrogens with one attached hydrogen (secondary N) is 1. The molecule has 6 heteroatoms. The lowest BCUT2D eigenvalue weighted by atomic mass is 9.97. The van der Waals surface area contributed by atoms with E-state index in [4.69, 9.17) is 16.5 Å². The van der Waals surface area contributed by atoms with Crippen molar-refractivity contribution in [1.29, 1.82) is 0 Å². The number of anilines is 1. The average Bonchev–Trinajstić information content (AvgIpc) is 3.12. The fourth-order valence-corrected chi connectivity index (χ4v) is 4.26. The smallest absolute Gasteiger partial charge is 0.204 e. The molecule has 0 unspecified atom stereocenters. The molecule has 0 aliphatic heterocycles. The van der Waals surface area contributed by atoms with Gasteiger partial charge in [0, 0.05) is 18.7 Å². The molecule has 4 aromatic rings. The first-order valence-electron chi connectivity index (χ1n) is 10.9. The van der Waals surface area contributed by atoms with E-state index in [1.165, 1.54) is 0 Å². The van der Waals surface area contributed by atoms with Crippen LogP contribution in [0.2, 0.25) is 0 Å². The van der Waals surface area contributed by atoms with E-state index in [2.05, 4.69) is 28.9 Å². The van der Waals surface area contributed by atoms with Crippen molar-refractivity contribution in [2.75, 3.05) is 18.4 Å². The number of benzene rings is 3. The van der Waals surface area contributed by atoms with Crippen LogP contribution in [-0.2, 0) is 6.54 Å². The zero-order valence-corrected chi connectivity index (χ0v) is 18.8. The second-order valence-electron chi connectivity index (χ2n) is 8.39. The Morgan fingerprint density at radius 1 is 1.03 bits per heavy atom. The molecule has 1 aromatic heterocycles. The van der Waals surface area contributed by atoms with Gasteiger partial charge in [-0.15, -0.1) is 0 Å². The Balaban J connectivity index is 1.87. The highest BCUT2D eigenvalue weighted by Gasteiger charge is 2.20. The minimum atomic E-state index is -0.292. The van der Waals surface area contributed by atoms with E-state index < -0.39 is 0 Å². The standard InChI is InChI=1S/C26H30FN5/c1-16-11-21(24(29)20-7-5-4-6-8-20)25-22(12-16)32(26(31-25)30-10-9-28)15-19-13-17(2)23(27)18(3)14-19/h4-8,11-14,24H,9-10,15,28-29H2,1-3H3,(H,30,31)/t24-/m0/s1. The summed E-state index contributed by atoms with van der Waals surface area (Å²) >= 11 is 0. The molecule has 3 aromatic carbocycles. The summed E-state index contributed by atoms with van der Waals surface area (Å²) in [5.41, 5.74) is 19.7. The highest BCUT2D eigenvalue weighted by Crippen LogP contribution is 2.31. The number of imidazole rings is 1. The number of fused-ring (bicyclic) bond motifs is 1. The lowest BCUT2D eigenvalue weighted by Gasteiger charge is -2.15. The average molecular weight is 432 g/mol. The predicted octanol–water partition coefficient (Wildman–Crippen LogP) is 4.57. The third-order valence-electron chi connectivity index (χ3n) is 5.79. The quantitative estimate of drug-likeness (QED) is 0.400. The summed E-state index contributed by atoms with van der Waals surface area (Å²) in [6.07, 6.45) is 0. The lowest BCUT2D eigenvalue weighted by molar-refractivity contribution is 0.607. The van der Waals surface area contributed by atoms with Crippen molar-refractivity contribution in [2.45, 2.75) is 33.4 Å². The number of nitrogens with zero attached hydrogens (tertiary/aromatic N) is 2. The molecule has 0 radical (unpaired) electrons. The monoisotopic (exact) mass is 431 g/mol. The zero-order valence-electron chi connectivity index (χ0n) is 18.8. The SMILES string of the molecule is Cc1cc([C@@H](N)c2ccccc2)c2nc(NCCN)n(Cc3cc(C)c(F)c(C)c3)c2c1. The molecular formula is C26H30FN5. The molecule has 5 nitrogen and oxygen atoms in total. The van der Waals surface area contributed by atoms with Crippen molar-refractivity contribution in [3.8, 4) is 0 Å². The summed E-state index contributed by atoms with van der Waals surface area (Å²) in [7, 11) is 0. The number of nitrogens with two attached hydrogens (primary N) is 2. The highest BCUT2D eigenvalue weighted by molar-refractivity contribution is 5.84. The van der Waals surface area contributed by atoms with Gasteiger partial charge in [0.25, 0.3) is 0 Å². The number of hydrogen-bond donors (Lipinski definition) is 3. The van der Waals surface area contributed by atoms with Gasteiger partial charge >= 0.3 is 0 Å². The molecule has 0 aliphatic rings. The molecule has 0 spiro atoms. The molecule has 0 bridgehead atoms. The number of hydrogen-bond acceptors (Lipinski definition) is 4. The molecule has 0 fully saturated rings. The largest absolute Gasteiger partial charge is 0.354 e. The van der Waals surface area contributed by atoms with Gasteiger partial charge in [0.2, 0.25) is 5.95 Å². The third-order valence-corrected chi connectivity index (χ3v) is 5.79. The first-order chi connectivity index (χ1) is 15.4. The van der Waals surface area contributed by atoms with E-state index in [1.54, 1.807) is 13.8 Å². The molecule has 0 saturated carbocycles. The van der Waals surface area contributed by atoms with Crippen LogP contribution in [0.15, 0.2) is 54.6 Å². The van der Waals surface area contributed by atoms with Crippen molar-refractivity contribution in [3.63, 3.8) is 0 Å². The molecule has 0 saturated heterocycles. The molecule has 1 heterocycles. The fraction of sp³-hybridized carbons (Fsp3) is 0.269. The summed E-state index contributed by atoms with van der Waals surface area (Å²) in [4.78, 5) is 4.94. The van der Waals surface area contributed by atoms with E-state index in [9.17, 15) is 4.39 Å². The Labute approximate surface area is 188 Å². The Bertz CT molecular complexity index is 1220. The van der Waals surface area contributed by atoms with E-state index in [0.717, 1.165) is 39.2 Å². The minimum absolute atomic E-state index is 0.155. The Morgan fingerprint density at radius 2 is 1.72 bits per heavy atom. The predicted molar refractivity (Wildman–Crippen MR) is 129 cm³/mol. The minimum Gasteiger partial charge on any atom is -0.354 e. The molecule has 4 rings (SSSR count). The van der Waals surface area contributed by atoms with Gasteiger partial charge in [-0.3, -0.25) is 0 Å². The Hall–Kier alpha value is -3.22. The fourth-order valence-electron chi connectivity index (χ4n) is 4.26. The maximum atomic E-state index is 14.2. The summed E-state index contributed by atoms with van der Waals surface area (Å²) in [6, 6.07) is 17.8. The van der Waals surface area contributed by atoms with Crippen molar-refractivity contribution < 1.29 is 4.39 Å². The molecule has 32 heavy (non-hydrogen) atoms. The van der Waals surface area contributed by atoms with Gasteiger partial charge in [-0.25, -0.2) is 9.37 Å². The molecule has 0 amide bonds.